The fraction of sp³-hybridized carbons (Fsp3) is 0.538. The van der Waals surface area contributed by atoms with E-state index in [0.29, 0.717) is 12.6 Å². The maximum atomic E-state index is 6.18. The number of anilines is 1. The summed E-state index contributed by atoms with van der Waals surface area (Å²) in [7, 11) is 1.77. The van der Waals surface area contributed by atoms with Gasteiger partial charge in [-0.05, 0) is 25.0 Å². The summed E-state index contributed by atoms with van der Waals surface area (Å²) >= 11 is 6.18. The van der Waals surface area contributed by atoms with Crippen LogP contribution in [0, 0.1) is 0 Å². The molecule has 1 heterocycles. The molecule has 0 bridgehead atoms. The number of ether oxygens (including phenoxy) is 1. The molecule has 0 radical (unpaired) electrons. The average molecular weight is 255 g/mol. The quantitative estimate of drug-likeness (QED) is 0.900. The molecule has 0 saturated carbocycles. The molecule has 1 aromatic rings. The zero-order chi connectivity index (χ0) is 12.3. The Hall–Kier alpha value is -0.770. The molecule has 1 aliphatic rings. The predicted octanol–water partition coefficient (Wildman–Crippen LogP) is 2.41. The van der Waals surface area contributed by atoms with Crippen LogP contribution in [0.1, 0.15) is 18.4 Å². The largest absolute Gasteiger partial charge is 0.380 e. The molecule has 0 aliphatic carbocycles. The van der Waals surface area contributed by atoms with Gasteiger partial charge < -0.3 is 15.4 Å². The van der Waals surface area contributed by atoms with Gasteiger partial charge in [-0.3, -0.25) is 0 Å². The second-order valence-corrected chi connectivity index (χ2v) is 4.79. The van der Waals surface area contributed by atoms with Gasteiger partial charge in [-0.2, -0.15) is 0 Å². The van der Waals surface area contributed by atoms with Crippen molar-refractivity contribution in [3.8, 4) is 0 Å². The lowest BCUT2D eigenvalue weighted by molar-refractivity contribution is 0.0893. The summed E-state index contributed by atoms with van der Waals surface area (Å²) in [6.45, 7) is 2.44. The predicted molar refractivity (Wildman–Crippen MR) is 71.6 cm³/mol. The fourth-order valence-corrected chi connectivity index (χ4v) is 2.64. The lowest BCUT2D eigenvalue weighted by Crippen LogP contribution is -2.39. The van der Waals surface area contributed by atoms with Crippen molar-refractivity contribution in [1.82, 2.24) is 0 Å². The SMILES string of the molecule is COC1CCCN(c2cccc(Cl)c2CN)C1. The number of methoxy groups -OCH3 is 1. The number of piperidine rings is 1. The van der Waals surface area contributed by atoms with E-state index < -0.39 is 0 Å². The number of nitrogens with two attached hydrogens (primary N) is 1. The van der Waals surface area contributed by atoms with E-state index in [2.05, 4.69) is 11.0 Å². The van der Waals surface area contributed by atoms with Crippen LogP contribution in [0.5, 0.6) is 0 Å². The molecule has 1 aliphatic heterocycles. The first-order valence-corrected chi connectivity index (χ1v) is 6.39. The van der Waals surface area contributed by atoms with Crippen LogP contribution in [-0.4, -0.2) is 26.3 Å². The van der Waals surface area contributed by atoms with E-state index >= 15 is 0 Å². The number of nitrogens with zero attached hydrogens (tertiary/aromatic N) is 1. The second kappa shape index (κ2) is 5.71. The van der Waals surface area contributed by atoms with E-state index in [-0.39, 0.29) is 0 Å². The first-order valence-electron chi connectivity index (χ1n) is 6.01. The normalized spacial score (nSPS) is 20.6. The highest BCUT2D eigenvalue weighted by Crippen LogP contribution is 2.29. The molecule has 1 fully saturated rings. The highest BCUT2D eigenvalue weighted by Gasteiger charge is 2.21. The van der Waals surface area contributed by atoms with Crippen molar-refractivity contribution in [3.05, 3.63) is 28.8 Å². The van der Waals surface area contributed by atoms with Crippen molar-refractivity contribution in [2.24, 2.45) is 5.73 Å². The number of hydrogen-bond donors (Lipinski definition) is 1. The zero-order valence-corrected chi connectivity index (χ0v) is 10.9. The first-order chi connectivity index (χ1) is 8.26. The van der Waals surface area contributed by atoms with Crippen molar-refractivity contribution in [3.63, 3.8) is 0 Å². The molecule has 4 heteroatoms. The van der Waals surface area contributed by atoms with Gasteiger partial charge in [-0.1, -0.05) is 17.7 Å². The summed E-state index contributed by atoms with van der Waals surface area (Å²) < 4.78 is 5.44. The van der Waals surface area contributed by atoms with Crippen LogP contribution in [0.2, 0.25) is 5.02 Å². The molecule has 2 rings (SSSR count). The van der Waals surface area contributed by atoms with Crippen LogP contribution < -0.4 is 10.6 Å². The topological polar surface area (TPSA) is 38.5 Å². The third-order valence-electron chi connectivity index (χ3n) is 3.35. The van der Waals surface area contributed by atoms with Crippen molar-refractivity contribution >= 4 is 17.3 Å². The Morgan fingerprint density at radius 2 is 2.35 bits per heavy atom. The van der Waals surface area contributed by atoms with Crippen molar-refractivity contribution in [2.45, 2.75) is 25.5 Å². The Morgan fingerprint density at radius 1 is 1.53 bits per heavy atom. The van der Waals surface area contributed by atoms with E-state index in [1.165, 1.54) is 0 Å². The molecule has 0 aromatic heterocycles. The maximum Gasteiger partial charge on any atom is 0.0746 e. The van der Waals surface area contributed by atoms with Gasteiger partial charge in [0.15, 0.2) is 0 Å². The average Bonchev–Trinajstić information content (AvgIpc) is 2.38. The number of rotatable bonds is 3. The van der Waals surface area contributed by atoms with Gasteiger partial charge in [0.25, 0.3) is 0 Å². The van der Waals surface area contributed by atoms with Crippen LogP contribution in [0.15, 0.2) is 18.2 Å². The minimum atomic E-state index is 0.313. The molecule has 2 N–H and O–H groups in total. The fourth-order valence-electron chi connectivity index (χ4n) is 2.40. The molecular weight excluding hydrogens is 236 g/mol. The molecule has 0 amide bonds. The number of hydrogen-bond acceptors (Lipinski definition) is 3. The first kappa shape index (κ1) is 12.7. The van der Waals surface area contributed by atoms with Gasteiger partial charge >= 0.3 is 0 Å². The van der Waals surface area contributed by atoms with Gasteiger partial charge in [0.05, 0.1) is 6.10 Å². The van der Waals surface area contributed by atoms with Gasteiger partial charge in [-0.15, -0.1) is 0 Å². The van der Waals surface area contributed by atoms with Crippen LogP contribution in [0.25, 0.3) is 0 Å². The number of benzene rings is 1. The maximum absolute atomic E-state index is 6.18. The minimum Gasteiger partial charge on any atom is -0.380 e. The summed E-state index contributed by atoms with van der Waals surface area (Å²) in [5.41, 5.74) is 7.97. The highest BCUT2D eigenvalue weighted by atomic mass is 35.5. The lowest BCUT2D eigenvalue weighted by atomic mass is 10.1. The van der Waals surface area contributed by atoms with Gasteiger partial charge in [0, 0.05) is 43.0 Å². The van der Waals surface area contributed by atoms with E-state index in [4.69, 9.17) is 22.1 Å². The van der Waals surface area contributed by atoms with Gasteiger partial charge in [-0.25, -0.2) is 0 Å². The molecule has 17 heavy (non-hydrogen) atoms. The van der Waals surface area contributed by atoms with Crippen LogP contribution in [0.4, 0.5) is 5.69 Å². The lowest BCUT2D eigenvalue weighted by Gasteiger charge is -2.35. The molecule has 1 aromatic carbocycles. The second-order valence-electron chi connectivity index (χ2n) is 4.39. The molecule has 1 atom stereocenters. The molecule has 3 nitrogen and oxygen atoms in total. The summed E-state index contributed by atoms with van der Waals surface area (Å²) in [4.78, 5) is 2.33. The Balaban J connectivity index is 2.24. The third kappa shape index (κ3) is 2.73. The highest BCUT2D eigenvalue weighted by molar-refractivity contribution is 6.31. The molecule has 1 unspecified atom stereocenters. The van der Waals surface area contributed by atoms with Crippen molar-refractivity contribution in [1.29, 1.82) is 0 Å². The summed E-state index contributed by atoms with van der Waals surface area (Å²) in [5, 5.41) is 0.754. The Kier molecular flexibility index (Phi) is 4.26. The Labute approximate surface area is 107 Å². The standard InChI is InChI=1S/C13H19ClN2O/c1-17-10-4-3-7-16(9-10)13-6-2-5-12(14)11(13)8-15/h2,5-6,10H,3-4,7-9,15H2,1H3. The van der Waals surface area contributed by atoms with E-state index in [1.807, 2.05) is 12.1 Å². The van der Waals surface area contributed by atoms with E-state index in [0.717, 1.165) is 42.2 Å². The summed E-state index contributed by atoms with van der Waals surface area (Å²) in [6, 6.07) is 5.96. The van der Waals surface area contributed by atoms with Crippen LogP contribution in [-0.2, 0) is 11.3 Å². The molecule has 94 valence electrons. The van der Waals surface area contributed by atoms with E-state index in [1.54, 1.807) is 7.11 Å². The van der Waals surface area contributed by atoms with E-state index in [9.17, 15) is 0 Å². The smallest absolute Gasteiger partial charge is 0.0746 e. The molecule has 0 spiro atoms. The van der Waals surface area contributed by atoms with Gasteiger partial charge in [0.1, 0.15) is 0 Å². The summed E-state index contributed by atoms with van der Waals surface area (Å²) in [5.74, 6) is 0. The van der Waals surface area contributed by atoms with Crippen molar-refractivity contribution in [2.75, 3.05) is 25.1 Å². The molecular formula is C13H19ClN2O. The van der Waals surface area contributed by atoms with Crippen molar-refractivity contribution < 1.29 is 4.74 Å². The Bertz CT molecular complexity index is 384. The van der Waals surface area contributed by atoms with Crippen LogP contribution >= 0.6 is 11.6 Å². The van der Waals surface area contributed by atoms with Gasteiger partial charge in [0.2, 0.25) is 0 Å². The zero-order valence-electron chi connectivity index (χ0n) is 10.2. The van der Waals surface area contributed by atoms with Crippen LogP contribution in [0.3, 0.4) is 0 Å². The molecule has 1 saturated heterocycles. The summed E-state index contributed by atoms with van der Waals surface area (Å²) in [6.07, 6.45) is 2.59. The third-order valence-corrected chi connectivity index (χ3v) is 3.70. The monoisotopic (exact) mass is 254 g/mol. The minimum absolute atomic E-state index is 0.313. The number of halogens is 1. The Morgan fingerprint density at radius 3 is 3.06 bits per heavy atom.